The van der Waals surface area contributed by atoms with Gasteiger partial charge in [-0.05, 0) is 6.92 Å². The van der Waals surface area contributed by atoms with E-state index in [-0.39, 0.29) is 12.0 Å². The molecule has 1 rings (SSSR count). The summed E-state index contributed by atoms with van der Waals surface area (Å²) in [6.07, 6.45) is 0.0984. The molecule has 1 unspecified atom stereocenters. The molecule has 0 aromatic heterocycles. The van der Waals surface area contributed by atoms with Gasteiger partial charge in [-0.3, -0.25) is 9.69 Å². The Kier molecular flexibility index (Phi) is 9.50. The van der Waals surface area contributed by atoms with Gasteiger partial charge in [0.1, 0.15) is 0 Å². The van der Waals surface area contributed by atoms with Crippen LogP contribution < -0.4 is 5.32 Å². The van der Waals surface area contributed by atoms with Gasteiger partial charge < -0.3 is 10.1 Å². The van der Waals surface area contributed by atoms with Crippen LogP contribution in [0.25, 0.3) is 0 Å². The normalized spacial score (nSPS) is 19.4. The molecule has 0 spiro atoms. The lowest BCUT2D eigenvalue weighted by molar-refractivity contribution is -0.120. The number of hydrogen-bond donors (Lipinski definition) is 1. The number of nitrogens with zero attached hydrogens (tertiary/aromatic N) is 1. The Morgan fingerprint density at radius 2 is 2.24 bits per heavy atom. The van der Waals surface area contributed by atoms with Crippen molar-refractivity contribution >= 4 is 5.91 Å². The first-order valence-corrected chi connectivity index (χ1v) is 6.20. The first kappa shape index (κ1) is 16.0. The van der Waals surface area contributed by atoms with Crippen molar-refractivity contribution in [3.8, 4) is 11.8 Å². The fourth-order valence-electron chi connectivity index (χ4n) is 1.50. The van der Waals surface area contributed by atoms with Gasteiger partial charge in [-0.15, -0.1) is 5.92 Å². The number of nitrogens with one attached hydrogen (secondary N) is 1. The zero-order valence-electron chi connectivity index (χ0n) is 11.4. The van der Waals surface area contributed by atoms with Crippen LogP contribution >= 0.6 is 0 Å². The zero-order chi connectivity index (χ0) is 13.1. The fourth-order valence-corrected chi connectivity index (χ4v) is 1.50. The highest BCUT2D eigenvalue weighted by molar-refractivity contribution is 5.72. The van der Waals surface area contributed by atoms with Crippen molar-refractivity contribution in [2.24, 2.45) is 0 Å². The highest BCUT2D eigenvalue weighted by Crippen LogP contribution is 2.03. The summed E-state index contributed by atoms with van der Waals surface area (Å²) in [7, 11) is 0. The van der Waals surface area contributed by atoms with E-state index in [1.807, 2.05) is 20.8 Å². The molecule has 0 bridgehead atoms. The maximum atomic E-state index is 10.7. The first-order chi connectivity index (χ1) is 8.22. The summed E-state index contributed by atoms with van der Waals surface area (Å²) in [5, 5.41) is 2.77. The smallest absolute Gasteiger partial charge is 0.216 e. The second kappa shape index (κ2) is 10.1. The highest BCUT2D eigenvalue weighted by Gasteiger charge is 2.19. The molecule has 0 aromatic carbocycles. The lowest BCUT2D eigenvalue weighted by Crippen LogP contribution is -2.47. The molecule has 17 heavy (non-hydrogen) atoms. The summed E-state index contributed by atoms with van der Waals surface area (Å²) in [5.41, 5.74) is 0. The summed E-state index contributed by atoms with van der Waals surface area (Å²) >= 11 is 0. The zero-order valence-corrected chi connectivity index (χ0v) is 11.4. The van der Waals surface area contributed by atoms with Crippen LogP contribution in [0.15, 0.2) is 0 Å². The molecule has 1 saturated heterocycles. The molecule has 1 N–H and O–H groups in total. The molecule has 1 heterocycles. The van der Waals surface area contributed by atoms with Crippen LogP contribution in [0.1, 0.15) is 27.7 Å². The second-order valence-electron chi connectivity index (χ2n) is 3.59. The quantitative estimate of drug-likeness (QED) is 0.744. The van der Waals surface area contributed by atoms with Gasteiger partial charge in [0.15, 0.2) is 0 Å². The van der Waals surface area contributed by atoms with E-state index in [0.717, 1.165) is 26.2 Å². The molecule has 4 heteroatoms. The van der Waals surface area contributed by atoms with Gasteiger partial charge in [0.05, 0.1) is 19.3 Å². The van der Waals surface area contributed by atoms with Crippen LogP contribution in [-0.4, -0.2) is 49.7 Å². The predicted molar refractivity (Wildman–Crippen MR) is 69.7 cm³/mol. The molecule has 0 aromatic rings. The SMILES string of the molecule is CC.CC#CCN1CCOC(CNC(C)=O)C1. The Morgan fingerprint density at radius 3 is 2.82 bits per heavy atom. The van der Waals surface area contributed by atoms with Crippen LogP contribution in [0.2, 0.25) is 0 Å². The molecule has 1 aliphatic rings. The predicted octanol–water partition coefficient (Wildman–Crippen LogP) is 0.873. The number of rotatable bonds is 3. The third-order valence-electron chi connectivity index (χ3n) is 2.28. The average Bonchev–Trinajstić information content (AvgIpc) is 2.37. The van der Waals surface area contributed by atoms with Crippen molar-refractivity contribution in [2.45, 2.75) is 33.8 Å². The maximum absolute atomic E-state index is 10.7. The third-order valence-corrected chi connectivity index (χ3v) is 2.28. The number of carbonyl (C=O) groups excluding carboxylic acids is 1. The average molecular weight is 240 g/mol. The summed E-state index contributed by atoms with van der Waals surface area (Å²) in [6, 6.07) is 0. The van der Waals surface area contributed by atoms with Gasteiger partial charge in [0.25, 0.3) is 0 Å². The van der Waals surface area contributed by atoms with E-state index in [1.54, 1.807) is 0 Å². The minimum atomic E-state index is -0.0101. The van der Waals surface area contributed by atoms with Crippen LogP contribution in [0, 0.1) is 11.8 Å². The van der Waals surface area contributed by atoms with E-state index < -0.39 is 0 Å². The molecule has 1 atom stereocenters. The monoisotopic (exact) mass is 240 g/mol. The van der Waals surface area contributed by atoms with Gasteiger partial charge >= 0.3 is 0 Å². The number of hydrogen-bond acceptors (Lipinski definition) is 3. The molecule has 1 fully saturated rings. The molecule has 0 radical (unpaired) electrons. The largest absolute Gasteiger partial charge is 0.374 e. The summed E-state index contributed by atoms with van der Waals surface area (Å²) in [4.78, 5) is 13.0. The molecular formula is C13H24N2O2. The van der Waals surface area contributed by atoms with Gasteiger partial charge in [0.2, 0.25) is 5.91 Å². The Labute approximate surface area is 105 Å². The maximum Gasteiger partial charge on any atom is 0.216 e. The van der Waals surface area contributed by atoms with E-state index >= 15 is 0 Å². The van der Waals surface area contributed by atoms with Crippen LogP contribution in [0.5, 0.6) is 0 Å². The van der Waals surface area contributed by atoms with E-state index in [4.69, 9.17) is 4.74 Å². The van der Waals surface area contributed by atoms with Crippen LogP contribution in [0.3, 0.4) is 0 Å². The number of amides is 1. The third kappa shape index (κ3) is 7.78. The Morgan fingerprint density at radius 1 is 1.53 bits per heavy atom. The fraction of sp³-hybridized carbons (Fsp3) is 0.769. The Balaban J connectivity index is 0.00000121. The molecule has 98 valence electrons. The second-order valence-corrected chi connectivity index (χ2v) is 3.59. The van der Waals surface area contributed by atoms with Crippen molar-refractivity contribution in [1.29, 1.82) is 0 Å². The van der Waals surface area contributed by atoms with E-state index in [9.17, 15) is 4.79 Å². The Bertz CT molecular complexity index is 268. The minimum Gasteiger partial charge on any atom is -0.374 e. The molecule has 1 amide bonds. The standard InChI is InChI=1S/C11H18N2O2.C2H6/c1-3-4-5-13-6-7-15-11(9-13)8-12-10(2)14;1-2/h11H,5-9H2,1-2H3,(H,12,14);1-2H3. The topological polar surface area (TPSA) is 41.6 Å². The van der Waals surface area contributed by atoms with E-state index in [0.29, 0.717) is 6.54 Å². The Hall–Kier alpha value is -1.05. The summed E-state index contributed by atoms with van der Waals surface area (Å²) in [6.45, 7) is 11.2. The van der Waals surface area contributed by atoms with Crippen molar-refractivity contribution < 1.29 is 9.53 Å². The minimum absolute atomic E-state index is 0.0101. The van der Waals surface area contributed by atoms with Gasteiger partial charge in [-0.2, -0.15) is 0 Å². The lowest BCUT2D eigenvalue weighted by Gasteiger charge is -2.31. The molecular weight excluding hydrogens is 216 g/mol. The summed E-state index contributed by atoms with van der Waals surface area (Å²) in [5.74, 6) is 5.90. The molecule has 0 aliphatic carbocycles. The van der Waals surface area contributed by atoms with Crippen molar-refractivity contribution in [2.75, 3.05) is 32.8 Å². The number of carbonyl (C=O) groups is 1. The van der Waals surface area contributed by atoms with E-state index in [2.05, 4.69) is 22.1 Å². The van der Waals surface area contributed by atoms with Gasteiger partial charge in [-0.25, -0.2) is 0 Å². The van der Waals surface area contributed by atoms with Gasteiger partial charge in [-0.1, -0.05) is 19.8 Å². The summed E-state index contributed by atoms with van der Waals surface area (Å²) < 4.78 is 5.53. The molecule has 4 nitrogen and oxygen atoms in total. The van der Waals surface area contributed by atoms with Crippen molar-refractivity contribution in [3.63, 3.8) is 0 Å². The molecule has 0 saturated carbocycles. The number of ether oxygens (including phenoxy) is 1. The first-order valence-electron chi connectivity index (χ1n) is 6.20. The molecule has 1 aliphatic heterocycles. The highest BCUT2D eigenvalue weighted by atomic mass is 16.5. The number of morpholine rings is 1. The van der Waals surface area contributed by atoms with Gasteiger partial charge in [0, 0.05) is 26.6 Å². The van der Waals surface area contributed by atoms with Crippen LogP contribution in [0.4, 0.5) is 0 Å². The van der Waals surface area contributed by atoms with Crippen molar-refractivity contribution in [1.82, 2.24) is 10.2 Å². The van der Waals surface area contributed by atoms with Crippen molar-refractivity contribution in [3.05, 3.63) is 0 Å². The van der Waals surface area contributed by atoms with Crippen LogP contribution in [-0.2, 0) is 9.53 Å². The lowest BCUT2D eigenvalue weighted by atomic mass is 10.2. The van der Waals surface area contributed by atoms with E-state index in [1.165, 1.54) is 6.92 Å².